The number of nitrogens with one attached hydrogen (secondary N) is 1. The molecule has 1 amide bonds. The van der Waals surface area contributed by atoms with Crippen LogP contribution in [0.1, 0.15) is 47.1 Å². The number of amides is 1. The number of nitrogen functional groups attached to an aromatic ring is 1. The van der Waals surface area contributed by atoms with Gasteiger partial charge in [0, 0.05) is 26.1 Å². The van der Waals surface area contributed by atoms with Crippen molar-refractivity contribution in [1.29, 1.82) is 0 Å². The molecule has 1 atom stereocenters. The van der Waals surface area contributed by atoms with Crippen LogP contribution >= 0.6 is 11.3 Å². The molecule has 1 fully saturated rings. The normalized spacial score (nSPS) is 20.1. The van der Waals surface area contributed by atoms with Crippen LogP contribution in [-0.2, 0) is 7.05 Å². The number of nitrogens with two attached hydrogens (primary N) is 2. The number of aryl methyl sites for hydroxylation is 1. The van der Waals surface area contributed by atoms with Crippen LogP contribution in [0.4, 0.5) is 16.5 Å². The Morgan fingerprint density at radius 3 is 2.82 bits per heavy atom. The molecule has 2 aliphatic rings. The van der Waals surface area contributed by atoms with Crippen LogP contribution in [0.2, 0.25) is 0 Å². The Morgan fingerprint density at radius 1 is 1.36 bits per heavy atom. The fourth-order valence-electron chi connectivity index (χ4n) is 3.96. The Bertz CT molecular complexity index is 879. The van der Waals surface area contributed by atoms with Crippen molar-refractivity contribution in [3.05, 3.63) is 29.1 Å². The predicted octanol–water partition coefficient (Wildman–Crippen LogP) is 2.32. The molecule has 2 aromatic rings. The number of hydrogen-bond donors (Lipinski definition) is 3. The first-order chi connectivity index (χ1) is 13.6. The van der Waals surface area contributed by atoms with Gasteiger partial charge in [-0.3, -0.25) is 9.48 Å². The molecule has 1 saturated heterocycles. The number of nitrogens with zero attached hydrogens (tertiary/aromatic N) is 4. The summed E-state index contributed by atoms with van der Waals surface area (Å²) in [5.74, 6) is 1.47. The fourth-order valence-corrected chi connectivity index (χ4v) is 4.91. The number of rotatable bonds is 5. The van der Waals surface area contributed by atoms with Crippen molar-refractivity contribution < 1.29 is 4.79 Å². The molecule has 1 unspecified atom stereocenters. The lowest BCUT2D eigenvalue weighted by Gasteiger charge is -2.33. The molecule has 5 N–H and O–H groups in total. The highest BCUT2D eigenvalue weighted by Gasteiger charge is 2.26. The van der Waals surface area contributed by atoms with E-state index in [0.717, 1.165) is 56.1 Å². The highest BCUT2D eigenvalue weighted by atomic mass is 32.1. The van der Waals surface area contributed by atoms with Gasteiger partial charge in [0.15, 0.2) is 11.5 Å². The van der Waals surface area contributed by atoms with E-state index in [1.165, 1.54) is 11.3 Å². The molecule has 0 bridgehead atoms. The Balaban J connectivity index is 1.51. The third kappa shape index (κ3) is 3.64. The molecule has 3 heterocycles. The summed E-state index contributed by atoms with van der Waals surface area (Å²) in [6.07, 6.45) is 10.1. The molecular weight excluding hydrogens is 374 g/mol. The standard InChI is InChI=1S/C19H27N7OS/c1-25-19(26-8-6-12(10-20)7-9-26)14(11-22-25)23-17(27)15-16(21)28-18(24-15)13-4-2-3-5-13/h2,4,11-13H,3,5-10,20-21H2,1H3,(H,23,27). The molecule has 28 heavy (non-hydrogen) atoms. The number of aromatic nitrogens is 3. The second kappa shape index (κ2) is 7.92. The molecule has 0 radical (unpaired) electrons. The molecule has 150 valence electrons. The molecule has 8 nitrogen and oxygen atoms in total. The number of piperidine rings is 1. The van der Waals surface area contributed by atoms with Crippen molar-refractivity contribution >= 4 is 33.8 Å². The lowest BCUT2D eigenvalue weighted by atomic mass is 9.97. The number of carbonyl (C=O) groups excluding carboxylic acids is 1. The van der Waals surface area contributed by atoms with E-state index in [1.807, 2.05) is 7.05 Å². The Labute approximate surface area is 168 Å². The molecular formula is C19H27N7OS. The second-order valence-electron chi connectivity index (χ2n) is 7.50. The zero-order chi connectivity index (χ0) is 19.7. The van der Waals surface area contributed by atoms with E-state index in [-0.39, 0.29) is 11.8 Å². The lowest BCUT2D eigenvalue weighted by Crippen LogP contribution is -2.37. The minimum absolute atomic E-state index is 0.270. The minimum Gasteiger partial charge on any atom is -0.389 e. The summed E-state index contributed by atoms with van der Waals surface area (Å²) in [7, 11) is 1.89. The summed E-state index contributed by atoms with van der Waals surface area (Å²) in [5.41, 5.74) is 12.9. The zero-order valence-electron chi connectivity index (χ0n) is 16.1. The molecule has 4 rings (SSSR count). The third-order valence-electron chi connectivity index (χ3n) is 5.62. The van der Waals surface area contributed by atoms with Crippen molar-refractivity contribution in [2.45, 2.75) is 31.6 Å². The van der Waals surface area contributed by atoms with Crippen LogP contribution < -0.4 is 21.7 Å². The summed E-state index contributed by atoms with van der Waals surface area (Å²) in [6.45, 7) is 2.53. The molecule has 1 aliphatic carbocycles. The van der Waals surface area contributed by atoms with Gasteiger partial charge >= 0.3 is 0 Å². The lowest BCUT2D eigenvalue weighted by molar-refractivity contribution is 0.102. The van der Waals surface area contributed by atoms with Gasteiger partial charge in [-0.1, -0.05) is 12.2 Å². The van der Waals surface area contributed by atoms with Gasteiger partial charge in [0.1, 0.15) is 15.7 Å². The van der Waals surface area contributed by atoms with Crippen LogP contribution in [0.15, 0.2) is 18.3 Å². The summed E-state index contributed by atoms with van der Waals surface area (Å²) in [5, 5.41) is 8.69. The highest BCUT2D eigenvalue weighted by Crippen LogP contribution is 2.35. The Morgan fingerprint density at radius 2 is 2.14 bits per heavy atom. The summed E-state index contributed by atoms with van der Waals surface area (Å²) in [4.78, 5) is 19.7. The molecule has 0 aromatic carbocycles. The smallest absolute Gasteiger partial charge is 0.277 e. The second-order valence-corrected chi connectivity index (χ2v) is 8.56. The maximum Gasteiger partial charge on any atom is 0.277 e. The number of anilines is 3. The summed E-state index contributed by atoms with van der Waals surface area (Å²) >= 11 is 1.40. The van der Waals surface area contributed by atoms with E-state index in [2.05, 4.69) is 32.5 Å². The molecule has 9 heteroatoms. The number of carbonyl (C=O) groups is 1. The van der Waals surface area contributed by atoms with Crippen molar-refractivity contribution in [1.82, 2.24) is 14.8 Å². The van der Waals surface area contributed by atoms with Crippen LogP contribution in [0.25, 0.3) is 0 Å². The monoisotopic (exact) mass is 401 g/mol. The van der Waals surface area contributed by atoms with E-state index >= 15 is 0 Å². The van der Waals surface area contributed by atoms with Crippen LogP contribution in [0, 0.1) is 5.92 Å². The van der Waals surface area contributed by atoms with Gasteiger partial charge in [-0.25, -0.2) is 4.98 Å². The number of allylic oxidation sites excluding steroid dienone is 2. The molecule has 0 saturated carbocycles. The molecule has 1 aliphatic heterocycles. The van der Waals surface area contributed by atoms with Crippen molar-refractivity contribution in [3.63, 3.8) is 0 Å². The van der Waals surface area contributed by atoms with Gasteiger partial charge in [0.25, 0.3) is 5.91 Å². The van der Waals surface area contributed by atoms with Crippen molar-refractivity contribution in [2.24, 2.45) is 18.7 Å². The van der Waals surface area contributed by atoms with Gasteiger partial charge in [0.05, 0.1) is 6.20 Å². The van der Waals surface area contributed by atoms with E-state index in [4.69, 9.17) is 11.5 Å². The first-order valence-electron chi connectivity index (χ1n) is 9.78. The number of thiazole rings is 1. The van der Waals surface area contributed by atoms with Crippen LogP contribution in [-0.4, -0.2) is 40.3 Å². The molecule has 2 aromatic heterocycles. The van der Waals surface area contributed by atoms with Crippen LogP contribution in [0.3, 0.4) is 0 Å². The SMILES string of the molecule is Cn1ncc(NC(=O)c2nc(C3C=CCC3)sc2N)c1N1CCC(CN)CC1. The minimum atomic E-state index is -0.284. The Kier molecular flexibility index (Phi) is 5.36. The van der Waals surface area contributed by atoms with E-state index in [0.29, 0.717) is 22.3 Å². The average Bonchev–Trinajstić information content (AvgIpc) is 3.42. The van der Waals surface area contributed by atoms with E-state index in [9.17, 15) is 4.79 Å². The van der Waals surface area contributed by atoms with Gasteiger partial charge in [-0.05, 0) is 38.1 Å². The molecule has 0 spiro atoms. The van der Waals surface area contributed by atoms with Crippen molar-refractivity contribution in [2.75, 3.05) is 35.6 Å². The van der Waals surface area contributed by atoms with E-state index < -0.39 is 0 Å². The average molecular weight is 402 g/mol. The fraction of sp³-hybridized carbons (Fsp3) is 0.526. The first-order valence-corrected chi connectivity index (χ1v) is 10.6. The Hall–Kier alpha value is -2.39. The quantitative estimate of drug-likeness (QED) is 0.662. The number of hydrogen-bond acceptors (Lipinski definition) is 7. The first kappa shape index (κ1) is 18.9. The topological polar surface area (TPSA) is 115 Å². The van der Waals surface area contributed by atoms with Gasteiger partial charge in [-0.15, -0.1) is 11.3 Å². The summed E-state index contributed by atoms with van der Waals surface area (Å²) in [6, 6.07) is 0. The third-order valence-corrected chi connectivity index (χ3v) is 6.63. The van der Waals surface area contributed by atoms with Gasteiger partial charge in [-0.2, -0.15) is 5.10 Å². The maximum absolute atomic E-state index is 12.9. The van der Waals surface area contributed by atoms with E-state index in [1.54, 1.807) is 10.9 Å². The van der Waals surface area contributed by atoms with Gasteiger partial charge in [0.2, 0.25) is 0 Å². The zero-order valence-corrected chi connectivity index (χ0v) is 16.9. The van der Waals surface area contributed by atoms with Gasteiger partial charge < -0.3 is 21.7 Å². The largest absolute Gasteiger partial charge is 0.389 e. The van der Waals surface area contributed by atoms with Crippen LogP contribution in [0.5, 0.6) is 0 Å². The highest BCUT2D eigenvalue weighted by molar-refractivity contribution is 7.16. The van der Waals surface area contributed by atoms with Crippen molar-refractivity contribution in [3.8, 4) is 0 Å². The predicted molar refractivity (Wildman–Crippen MR) is 113 cm³/mol. The maximum atomic E-state index is 12.9. The summed E-state index contributed by atoms with van der Waals surface area (Å²) < 4.78 is 1.80.